The minimum Gasteiger partial charge on any atom is -0.508 e. The largest absolute Gasteiger partial charge is 0.508 e. The number of alkyl halides is 3. The average Bonchev–Trinajstić information content (AvgIpc) is 2.15. The number of aromatic hydroxyl groups is 1. The van der Waals surface area contributed by atoms with Crippen LogP contribution in [0.1, 0.15) is 17.2 Å². The maximum absolute atomic E-state index is 12.2. The molecule has 0 unspecified atom stereocenters. The van der Waals surface area contributed by atoms with Gasteiger partial charge in [-0.2, -0.15) is 13.2 Å². The lowest BCUT2D eigenvalue weighted by Crippen LogP contribution is -2.15. The Morgan fingerprint density at radius 1 is 1.33 bits per heavy atom. The molecular formula is C9H10F3NO2. The second-order valence-corrected chi connectivity index (χ2v) is 3.06. The molecule has 0 fully saturated rings. The lowest BCUT2D eigenvalue weighted by atomic mass is 10.0. The van der Waals surface area contributed by atoms with Crippen molar-refractivity contribution in [3.05, 3.63) is 29.3 Å². The molecule has 1 rings (SSSR count). The van der Waals surface area contributed by atoms with Crippen molar-refractivity contribution >= 4 is 0 Å². The van der Waals surface area contributed by atoms with E-state index in [1.165, 1.54) is 0 Å². The highest BCUT2D eigenvalue weighted by Crippen LogP contribution is 2.33. The fourth-order valence-electron chi connectivity index (χ4n) is 1.13. The number of benzene rings is 1. The number of hydrogen-bond donors (Lipinski definition) is 3. The number of hydrogen-bond acceptors (Lipinski definition) is 3. The van der Waals surface area contributed by atoms with Gasteiger partial charge in [0, 0.05) is 5.56 Å². The summed E-state index contributed by atoms with van der Waals surface area (Å²) in [5.74, 6) is -0.564. The molecule has 15 heavy (non-hydrogen) atoms. The Morgan fingerprint density at radius 3 is 2.33 bits per heavy atom. The van der Waals surface area contributed by atoms with E-state index in [1.807, 2.05) is 0 Å². The van der Waals surface area contributed by atoms with Crippen molar-refractivity contribution in [2.45, 2.75) is 12.2 Å². The van der Waals surface area contributed by atoms with Gasteiger partial charge < -0.3 is 15.9 Å². The standard InChI is InChI=1S/C9H10F3NO2/c10-9(11,12)5-1-2-6(7(13)4-14)8(15)3-5/h1-3,7,14-15H,4,13H2/t7-/m0/s1. The first kappa shape index (κ1) is 11.8. The monoisotopic (exact) mass is 221 g/mol. The zero-order valence-electron chi connectivity index (χ0n) is 7.62. The highest BCUT2D eigenvalue weighted by molar-refractivity contribution is 5.39. The molecule has 1 atom stereocenters. The molecule has 4 N–H and O–H groups in total. The predicted octanol–water partition coefficient (Wildman–Crippen LogP) is 1.40. The van der Waals surface area contributed by atoms with Gasteiger partial charge in [-0.3, -0.25) is 0 Å². The Kier molecular flexibility index (Phi) is 3.21. The maximum Gasteiger partial charge on any atom is 0.416 e. The van der Waals surface area contributed by atoms with Crippen molar-refractivity contribution in [3.8, 4) is 5.75 Å². The number of nitrogens with two attached hydrogens (primary N) is 1. The molecule has 0 aromatic heterocycles. The summed E-state index contributed by atoms with van der Waals surface area (Å²) < 4.78 is 36.6. The van der Waals surface area contributed by atoms with Crippen LogP contribution in [0.5, 0.6) is 5.75 Å². The first-order valence-electron chi connectivity index (χ1n) is 4.13. The smallest absolute Gasteiger partial charge is 0.416 e. The molecule has 0 spiro atoms. The summed E-state index contributed by atoms with van der Waals surface area (Å²) in [5.41, 5.74) is 4.50. The van der Waals surface area contributed by atoms with E-state index in [9.17, 15) is 18.3 Å². The molecule has 0 saturated carbocycles. The Bertz CT molecular complexity index is 352. The fourth-order valence-corrected chi connectivity index (χ4v) is 1.13. The normalized spacial score (nSPS) is 13.9. The van der Waals surface area contributed by atoms with E-state index >= 15 is 0 Å². The molecule has 0 amide bonds. The minimum absolute atomic E-state index is 0.0884. The fraction of sp³-hybridized carbons (Fsp3) is 0.333. The van der Waals surface area contributed by atoms with Gasteiger partial charge in [0.15, 0.2) is 0 Å². The zero-order chi connectivity index (χ0) is 11.6. The third kappa shape index (κ3) is 2.60. The van der Waals surface area contributed by atoms with Crippen LogP contribution in [0.2, 0.25) is 0 Å². The van der Waals surface area contributed by atoms with Crippen LogP contribution in [0, 0.1) is 0 Å². The first-order chi connectivity index (χ1) is 6.86. The Hall–Kier alpha value is -1.27. The summed E-state index contributed by atoms with van der Waals surface area (Å²) >= 11 is 0. The third-order valence-corrected chi connectivity index (χ3v) is 1.95. The molecule has 0 bridgehead atoms. The Labute approximate surface area is 84.0 Å². The third-order valence-electron chi connectivity index (χ3n) is 1.95. The molecule has 0 aliphatic carbocycles. The van der Waals surface area contributed by atoms with Crippen molar-refractivity contribution in [2.75, 3.05) is 6.61 Å². The number of halogens is 3. The topological polar surface area (TPSA) is 66.5 Å². The summed E-state index contributed by atoms with van der Waals surface area (Å²) in [6.45, 7) is -0.446. The van der Waals surface area contributed by atoms with Crippen LogP contribution < -0.4 is 5.73 Å². The molecule has 6 heteroatoms. The van der Waals surface area contributed by atoms with Crippen LogP contribution in [0.25, 0.3) is 0 Å². The predicted molar refractivity (Wildman–Crippen MR) is 47.1 cm³/mol. The van der Waals surface area contributed by atoms with Gasteiger partial charge in [0.25, 0.3) is 0 Å². The second-order valence-electron chi connectivity index (χ2n) is 3.06. The van der Waals surface area contributed by atoms with Crippen LogP contribution in [-0.2, 0) is 6.18 Å². The van der Waals surface area contributed by atoms with E-state index < -0.39 is 30.1 Å². The molecule has 1 aromatic carbocycles. The molecule has 84 valence electrons. The maximum atomic E-state index is 12.2. The molecule has 0 heterocycles. The molecular weight excluding hydrogens is 211 g/mol. The highest BCUT2D eigenvalue weighted by atomic mass is 19.4. The van der Waals surface area contributed by atoms with E-state index in [0.29, 0.717) is 6.07 Å². The van der Waals surface area contributed by atoms with Crippen LogP contribution in [0.4, 0.5) is 13.2 Å². The second kappa shape index (κ2) is 4.08. The Balaban J connectivity index is 3.09. The van der Waals surface area contributed by atoms with Gasteiger partial charge in [0.05, 0.1) is 18.2 Å². The van der Waals surface area contributed by atoms with E-state index in [1.54, 1.807) is 0 Å². The van der Waals surface area contributed by atoms with Gasteiger partial charge in [-0.1, -0.05) is 6.07 Å². The molecule has 0 saturated heterocycles. The molecule has 0 aliphatic rings. The summed E-state index contributed by atoms with van der Waals surface area (Å²) in [5, 5.41) is 17.9. The van der Waals surface area contributed by atoms with Gasteiger partial charge in [-0.25, -0.2) is 0 Å². The number of aliphatic hydroxyl groups excluding tert-OH is 1. The molecule has 0 aliphatic heterocycles. The van der Waals surface area contributed by atoms with Gasteiger partial charge in [0.1, 0.15) is 5.75 Å². The molecule has 1 aromatic rings. The quantitative estimate of drug-likeness (QED) is 0.707. The number of phenolic OH excluding ortho intramolecular Hbond substituents is 1. The summed E-state index contributed by atoms with van der Waals surface area (Å²) in [4.78, 5) is 0. The van der Waals surface area contributed by atoms with Gasteiger partial charge in [0.2, 0.25) is 0 Å². The summed E-state index contributed by atoms with van der Waals surface area (Å²) in [6, 6.07) is 1.57. The zero-order valence-corrected chi connectivity index (χ0v) is 7.62. The molecule has 0 radical (unpaired) electrons. The van der Waals surface area contributed by atoms with Crippen molar-refractivity contribution in [1.29, 1.82) is 0 Å². The summed E-state index contributed by atoms with van der Waals surface area (Å²) in [7, 11) is 0. The lowest BCUT2D eigenvalue weighted by Gasteiger charge is -2.13. The average molecular weight is 221 g/mol. The van der Waals surface area contributed by atoms with Gasteiger partial charge >= 0.3 is 6.18 Å². The van der Waals surface area contributed by atoms with Crippen molar-refractivity contribution in [3.63, 3.8) is 0 Å². The SMILES string of the molecule is N[C@@H](CO)c1ccc(C(F)(F)F)cc1O. The molecule has 3 nitrogen and oxygen atoms in total. The van der Waals surface area contributed by atoms with Crippen LogP contribution in [-0.4, -0.2) is 16.8 Å². The van der Waals surface area contributed by atoms with Gasteiger partial charge in [-0.15, -0.1) is 0 Å². The highest BCUT2D eigenvalue weighted by Gasteiger charge is 2.31. The number of aliphatic hydroxyl groups is 1. The number of rotatable bonds is 2. The minimum atomic E-state index is -4.50. The Morgan fingerprint density at radius 2 is 1.93 bits per heavy atom. The van der Waals surface area contributed by atoms with Crippen LogP contribution in [0.3, 0.4) is 0 Å². The van der Waals surface area contributed by atoms with E-state index in [4.69, 9.17) is 10.8 Å². The van der Waals surface area contributed by atoms with Gasteiger partial charge in [-0.05, 0) is 12.1 Å². The summed E-state index contributed by atoms with van der Waals surface area (Å²) in [6.07, 6.45) is -4.50. The first-order valence-corrected chi connectivity index (χ1v) is 4.13. The van der Waals surface area contributed by atoms with E-state index in [0.717, 1.165) is 12.1 Å². The van der Waals surface area contributed by atoms with E-state index in [-0.39, 0.29) is 5.56 Å². The van der Waals surface area contributed by atoms with Crippen molar-refractivity contribution in [2.24, 2.45) is 5.73 Å². The van der Waals surface area contributed by atoms with Crippen molar-refractivity contribution < 1.29 is 23.4 Å². The number of phenols is 1. The van der Waals surface area contributed by atoms with Crippen molar-refractivity contribution in [1.82, 2.24) is 0 Å². The van der Waals surface area contributed by atoms with E-state index in [2.05, 4.69) is 0 Å². The van der Waals surface area contributed by atoms with Crippen LogP contribution >= 0.6 is 0 Å². The lowest BCUT2D eigenvalue weighted by molar-refractivity contribution is -0.137. The van der Waals surface area contributed by atoms with Crippen LogP contribution in [0.15, 0.2) is 18.2 Å².